The third-order valence-corrected chi connectivity index (χ3v) is 1.11. The fourth-order valence-corrected chi connectivity index (χ4v) is 0.369. The zero-order valence-electron chi connectivity index (χ0n) is 6.76. The zero-order valence-corrected chi connectivity index (χ0v) is 6.76. The van der Waals surface area contributed by atoms with Crippen molar-refractivity contribution in [2.75, 3.05) is 0 Å². The second-order valence-corrected chi connectivity index (χ2v) is 2.69. The topological polar surface area (TPSA) is 36.2 Å². The third-order valence-electron chi connectivity index (χ3n) is 1.11. The van der Waals surface area contributed by atoms with Crippen molar-refractivity contribution >= 4 is 12.4 Å². The van der Waals surface area contributed by atoms with Crippen molar-refractivity contribution in [1.82, 2.24) is 0 Å². The molecule has 0 bridgehead atoms. The molecule has 0 aliphatic rings. The molecule has 0 aromatic rings. The molecule has 0 saturated carbocycles. The molecule has 0 aliphatic carbocycles. The lowest BCUT2D eigenvalue weighted by Crippen LogP contribution is -2.07. The molecule has 0 fully saturated rings. The molecule has 0 radical (unpaired) electrons. The van der Waals surface area contributed by atoms with Crippen LogP contribution in [0.5, 0.6) is 0 Å². The van der Waals surface area contributed by atoms with E-state index in [0.717, 1.165) is 0 Å². The van der Waals surface area contributed by atoms with E-state index in [1.807, 2.05) is 26.8 Å². The molecule has 2 nitrogen and oxygen atoms in total. The van der Waals surface area contributed by atoms with Gasteiger partial charge >= 0.3 is 0 Å². The summed E-state index contributed by atoms with van der Waals surface area (Å²) in [7, 11) is 0. The van der Waals surface area contributed by atoms with Gasteiger partial charge in [-0.3, -0.25) is 4.99 Å². The van der Waals surface area contributed by atoms with Gasteiger partial charge in [0.25, 0.3) is 0 Å². The number of hydrogen-bond acceptors (Lipinski definition) is 2. The summed E-state index contributed by atoms with van der Waals surface area (Å²) in [5.74, 6) is 0. The quantitative estimate of drug-likeness (QED) is 0.581. The van der Waals surface area contributed by atoms with E-state index in [9.17, 15) is 0 Å². The smallest absolute Gasteiger partial charge is 0.0232 e. The monoisotopic (exact) mass is 138 g/mol. The molecule has 0 unspecified atom stereocenters. The Labute approximate surface area is 62.2 Å². The van der Waals surface area contributed by atoms with Gasteiger partial charge in [0.15, 0.2) is 0 Å². The summed E-state index contributed by atoms with van der Waals surface area (Å²) < 4.78 is 0. The Bertz CT molecular complexity index is 155. The van der Waals surface area contributed by atoms with Gasteiger partial charge in [0.2, 0.25) is 0 Å². The number of rotatable bonds is 3. The molecule has 10 heavy (non-hydrogen) atoms. The average molecular weight is 138 g/mol. The first-order valence-corrected chi connectivity index (χ1v) is 3.29. The first-order chi connectivity index (χ1) is 4.62. The Morgan fingerprint density at radius 2 is 2.00 bits per heavy atom. The van der Waals surface area contributed by atoms with Gasteiger partial charge in [-0.1, -0.05) is 19.9 Å². The molecule has 0 aliphatic heterocycles. The van der Waals surface area contributed by atoms with Crippen LogP contribution in [-0.2, 0) is 0 Å². The predicted molar refractivity (Wildman–Crippen MR) is 45.9 cm³/mol. The molecule has 0 amide bonds. The second kappa shape index (κ2) is 3.99. The fourth-order valence-electron chi connectivity index (χ4n) is 0.369. The van der Waals surface area contributed by atoms with Gasteiger partial charge < -0.3 is 5.41 Å². The average Bonchev–Trinajstić information content (AvgIpc) is 1.89. The minimum atomic E-state index is -0.160. The molecule has 0 saturated heterocycles. The van der Waals surface area contributed by atoms with Crippen LogP contribution in [0.1, 0.15) is 20.8 Å². The Morgan fingerprint density at radius 3 is 2.40 bits per heavy atom. The minimum Gasteiger partial charge on any atom is -0.312 e. The summed E-state index contributed by atoms with van der Waals surface area (Å²) in [5, 5.41) is 7.01. The zero-order chi connectivity index (χ0) is 8.04. The maximum Gasteiger partial charge on any atom is 0.0232 e. The Hall–Kier alpha value is -0.920. The highest BCUT2D eigenvalue weighted by Gasteiger charge is 2.07. The Balaban J connectivity index is 3.98. The van der Waals surface area contributed by atoms with Crippen LogP contribution in [0, 0.1) is 10.8 Å². The van der Waals surface area contributed by atoms with Gasteiger partial charge in [-0.25, -0.2) is 0 Å². The lowest BCUT2D eigenvalue weighted by molar-refractivity contribution is 0.688. The number of nitrogens with one attached hydrogen (secondary N) is 1. The van der Waals surface area contributed by atoms with Gasteiger partial charge in [0.1, 0.15) is 0 Å². The van der Waals surface area contributed by atoms with Crippen molar-refractivity contribution < 1.29 is 0 Å². The van der Waals surface area contributed by atoms with Crippen LogP contribution in [0.4, 0.5) is 0 Å². The fraction of sp³-hybridized carbons (Fsp3) is 0.500. The largest absolute Gasteiger partial charge is 0.312 e. The van der Waals surface area contributed by atoms with Gasteiger partial charge in [-0.05, 0) is 6.92 Å². The maximum atomic E-state index is 7.01. The van der Waals surface area contributed by atoms with E-state index in [2.05, 4.69) is 4.99 Å². The molecule has 56 valence electrons. The van der Waals surface area contributed by atoms with Crippen molar-refractivity contribution in [1.29, 1.82) is 5.41 Å². The number of nitrogens with zero attached hydrogens (tertiary/aromatic N) is 1. The van der Waals surface area contributed by atoms with Crippen molar-refractivity contribution in [2.45, 2.75) is 20.8 Å². The van der Waals surface area contributed by atoms with E-state index in [1.165, 1.54) is 6.21 Å². The Morgan fingerprint density at radius 1 is 1.40 bits per heavy atom. The Kier molecular flexibility index (Phi) is 3.62. The van der Waals surface area contributed by atoms with E-state index in [-0.39, 0.29) is 5.41 Å². The van der Waals surface area contributed by atoms with Crippen LogP contribution in [-0.4, -0.2) is 12.4 Å². The first kappa shape index (κ1) is 9.08. The molecular weight excluding hydrogens is 124 g/mol. The van der Waals surface area contributed by atoms with Gasteiger partial charge in [-0.15, -0.1) is 0 Å². The van der Waals surface area contributed by atoms with E-state index in [4.69, 9.17) is 5.41 Å². The molecule has 0 spiro atoms. The van der Waals surface area contributed by atoms with Gasteiger partial charge in [0.05, 0.1) is 0 Å². The minimum absolute atomic E-state index is 0.160. The van der Waals surface area contributed by atoms with Gasteiger partial charge in [-0.2, -0.15) is 0 Å². The lowest BCUT2D eigenvalue weighted by Gasteiger charge is -2.10. The van der Waals surface area contributed by atoms with E-state index in [1.54, 1.807) is 12.4 Å². The molecule has 0 rings (SSSR count). The number of allylic oxidation sites excluding steroid dienone is 1. The highest BCUT2D eigenvalue weighted by Crippen LogP contribution is 2.12. The van der Waals surface area contributed by atoms with Crippen LogP contribution in [0.15, 0.2) is 17.3 Å². The first-order valence-electron chi connectivity index (χ1n) is 3.29. The standard InChI is InChI=1S/C8H14N2/c1-4-10-6-5-8(2,3)7-9/h4-7,9H,1-3H3/b6-5-,9-7?,10-4-. The van der Waals surface area contributed by atoms with Crippen molar-refractivity contribution in [3.63, 3.8) is 0 Å². The summed E-state index contributed by atoms with van der Waals surface area (Å²) in [6.45, 7) is 5.78. The van der Waals surface area contributed by atoms with E-state index < -0.39 is 0 Å². The third kappa shape index (κ3) is 4.01. The summed E-state index contributed by atoms with van der Waals surface area (Å²) in [5.41, 5.74) is -0.160. The number of hydrogen-bond donors (Lipinski definition) is 1. The van der Waals surface area contributed by atoms with Gasteiger partial charge in [0, 0.05) is 24.0 Å². The van der Waals surface area contributed by atoms with Crippen molar-refractivity contribution in [3.8, 4) is 0 Å². The molecule has 0 aromatic carbocycles. The summed E-state index contributed by atoms with van der Waals surface area (Å²) >= 11 is 0. The molecule has 0 aromatic heterocycles. The van der Waals surface area contributed by atoms with Crippen LogP contribution in [0.25, 0.3) is 0 Å². The molecule has 0 heterocycles. The number of aliphatic imine (C=N–C) groups is 1. The summed E-state index contributed by atoms with van der Waals surface area (Å²) in [6.07, 6.45) is 6.72. The van der Waals surface area contributed by atoms with E-state index >= 15 is 0 Å². The highest BCUT2D eigenvalue weighted by atomic mass is 14.7. The molecule has 1 N–H and O–H groups in total. The summed E-state index contributed by atoms with van der Waals surface area (Å²) in [6, 6.07) is 0. The molecule has 2 heteroatoms. The maximum absolute atomic E-state index is 7.01. The van der Waals surface area contributed by atoms with Crippen LogP contribution in [0.2, 0.25) is 0 Å². The van der Waals surface area contributed by atoms with Crippen LogP contribution < -0.4 is 0 Å². The SMILES string of the molecule is C/C=N\C=C/C(C)(C)C=N. The van der Waals surface area contributed by atoms with Crippen LogP contribution >= 0.6 is 0 Å². The van der Waals surface area contributed by atoms with Crippen molar-refractivity contribution in [2.24, 2.45) is 10.4 Å². The lowest BCUT2D eigenvalue weighted by atomic mass is 9.96. The summed E-state index contributed by atoms with van der Waals surface area (Å²) in [4.78, 5) is 3.90. The highest BCUT2D eigenvalue weighted by molar-refractivity contribution is 5.64. The predicted octanol–water partition coefficient (Wildman–Crippen LogP) is 2.27. The molecule has 0 atom stereocenters. The van der Waals surface area contributed by atoms with Crippen molar-refractivity contribution in [3.05, 3.63) is 12.3 Å². The molecular formula is C8H14N2. The normalized spacial score (nSPS) is 13.1. The van der Waals surface area contributed by atoms with Crippen LogP contribution in [0.3, 0.4) is 0 Å². The van der Waals surface area contributed by atoms with E-state index in [0.29, 0.717) is 0 Å². The second-order valence-electron chi connectivity index (χ2n) is 2.69.